The number of methoxy groups -OCH3 is 1. The molecule has 2 aliphatic rings. The number of carbonyl (C=O) groups excluding carboxylic acids is 2. The monoisotopic (exact) mass is 361 g/mol. The van der Waals surface area contributed by atoms with Gasteiger partial charge in [0.1, 0.15) is 0 Å². The summed E-state index contributed by atoms with van der Waals surface area (Å²) < 4.78 is 11.6. The summed E-state index contributed by atoms with van der Waals surface area (Å²) >= 11 is 0. The van der Waals surface area contributed by atoms with Crippen LogP contribution >= 0.6 is 0 Å². The maximum atomic E-state index is 11.9. The van der Waals surface area contributed by atoms with Crippen LogP contribution in [0.3, 0.4) is 0 Å². The average molecular weight is 361 g/mol. The van der Waals surface area contributed by atoms with Gasteiger partial charge in [-0.15, -0.1) is 0 Å². The van der Waals surface area contributed by atoms with Crippen molar-refractivity contribution >= 4 is 11.9 Å². The molecular formula is C19H27N3O4. The molecule has 3 amide bonds. The molecule has 1 aliphatic heterocycles. The number of hydrogen-bond acceptors (Lipinski definition) is 5. The number of nitrogens with zero attached hydrogens (tertiary/aromatic N) is 2. The molecule has 3 rings (SSSR count). The fourth-order valence-corrected chi connectivity index (χ4v) is 3.81. The summed E-state index contributed by atoms with van der Waals surface area (Å²) in [6.45, 7) is 0. The molecule has 7 nitrogen and oxygen atoms in total. The average Bonchev–Trinajstić information content (AvgIpc) is 3.21. The summed E-state index contributed by atoms with van der Waals surface area (Å²) in [5, 5.41) is 2.66. The molecule has 0 bridgehead atoms. The summed E-state index contributed by atoms with van der Waals surface area (Å²) in [5.74, 6) is 1.28. The molecule has 7 heteroatoms. The highest BCUT2D eigenvalue weighted by atomic mass is 16.5. The second kappa shape index (κ2) is 7.95. The van der Waals surface area contributed by atoms with Gasteiger partial charge in [-0.25, -0.2) is 9.80 Å². The van der Waals surface area contributed by atoms with Crippen molar-refractivity contribution in [3.05, 3.63) is 23.8 Å². The van der Waals surface area contributed by atoms with Crippen LogP contribution in [0.1, 0.15) is 44.1 Å². The Morgan fingerprint density at radius 1 is 1.27 bits per heavy atom. The number of primary amides is 1. The van der Waals surface area contributed by atoms with Gasteiger partial charge in [0, 0.05) is 19.5 Å². The number of benzene rings is 1. The number of hydrazine groups is 1. The molecule has 142 valence electrons. The van der Waals surface area contributed by atoms with Crippen LogP contribution in [0.15, 0.2) is 18.2 Å². The number of carbonyl (C=O) groups is 2. The molecule has 2 N–H and O–H groups in total. The predicted molar refractivity (Wildman–Crippen MR) is 96.8 cm³/mol. The largest absolute Gasteiger partial charge is 0.493 e. The Labute approximate surface area is 154 Å². The van der Waals surface area contributed by atoms with Crippen molar-refractivity contribution in [3.63, 3.8) is 0 Å². The van der Waals surface area contributed by atoms with Gasteiger partial charge in [-0.05, 0) is 56.2 Å². The number of aryl methyl sites for hydroxylation is 1. The fourth-order valence-electron chi connectivity index (χ4n) is 3.81. The molecule has 0 radical (unpaired) electrons. The first-order valence-electron chi connectivity index (χ1n) is 9.18. The number of imide groups is 1. The molecule has 1 aromatic rings. The third kappa shape index (κ3) is 3.93. The van der Waals surface area contributed by atoms with E-state index in [2.05, 4.69) is 0 Å². The Morgan fingerprint density at radius 3 is 2.62 bits per heavy atom. The summed E-state index contributed by atoms with van der Waals surface area (Å²) in [5.41, 5.74) is 6.39. The Balaban J connectivity index is 1.64. The van der Waals surface area contributed by atoms with E-state index in [-0.39, 0.29) is 18.1 Å². The summed E-state index contributed by atoms with van der Waals surface area (Å²) in [6.07, 6.45) is 6.71. The van der Waals surface area contributed by atoms with Gasteiger partial charge in [0.2, 0.25) is 5.91 Å². The zero-order chi connectivity index (χ0) is 18.7. The first-order chi connectivity index (χ1) is 12.5. The summed E-state index contributed by atoms with van der Waals surface area (Å²) in [7, 11) is 3.37. The van der Waals surface area contributed by atoms with E-state index in [0.29, 0.717) is 6.42 Å². The topological polar surface area (TPSA) is 85.1 Å². The smallest absolute Gasteiger partial charge is 0.336 e. The third-order valence-electron chi connectivity index (χ3n) is 5.29. The van der Waals surface area contributed by atoms with Crippen LogP contribution in [-0.4, -0.2) is 48.3 Å². The van der Waals surface area contributed by atoms with Gasteiger partial charge in [0.15, 0.2) is 11.5 Å². The van der Waals surface area contributed by atoms with Gasteiger partial charge in [-0.2, -0.15) is 5.01 Å². The van der Waals surface area contributed by atoms with Crippen molar-refractivity contribution in [1.29, 1.82) is 0 Å². The minimum atomic E-state index is -0.725. The van der Waals surface area contributed by atoms with Gasteiger partial charge in [0.05, 0.1) is 13.2 Å². The molecule has 0 spiro atoms. The van der Waals surface area contributed by atoms with Gasteiger partial charge >= 0.3 is 6.03 Å². The van der Waals surface area contributed by atoms with Crippen LogP contribution in [0.2, 0.25) is 0 Å². The number of amides is 3. The van der Waals surface area contributed by atoms with E-state index in [0.717, 1.165) is 47.8 Å². The van der Waals surface area contributed by atoms with Crippen LogP contribution in [0, 0.1) is 0 Å². The SMILES string of the molecule is COc1ccc(CCC2CC(=O)N(C(N)=O)N2C)cc1OC1CCCC1. The second-order valence-electron chi connectivity index (χ2n) is 7.02. The Kier molecular flexibility index (Phi) is 5.66. The normalized spacial score (nSPS) is 21.4. The minimum absolute atomic E-state index is 0.0312. The quantitative estimate of drug-likeness (QED) is 0.841. The Bertz CT molecular complexity index is 673. The predicted octanol–water partition coefficient (Wildman–Crippen LogP) is 2.48. The van der Waals surface area contributed by atoms with Crippen molar-refractivity contribution in [1.82, 2.24) is 10.0 Å². The number of nitrogens with two attached hydrogens (primary N) is 1. The van der Waals surface area contributed by atoms with E-state index in [1.54, 1.807) is 19.2 Å². The summed E-state index contributed by atoms with van der Waals surface area (Å²) in [6, 6.07) is 5.22. The maximum absolute atomic E-state index is 11.9. The molecule has 1 unspecified atom stereocenters. The van der Waals surface area contributed by atoms with E-state index in [1.165, 1.54) is 12.8 Å². The van der Waals surface area contributed by atoms with E-state index in [9.17, 15) is 9.59 Å². The van der Waals surface area contributed by atoms with Gasteiger partial charge in [-0.1, -0.05) is 6.07 Å². The van der Waals surface area contributed by atoms with Crippen molar-refractivity contribution in [3.8, 4) is 11.5 Å². The lowest BCUT2D eigenvalue weighted by atomic mass is 10.0. The van der Waals surface area contributed by atoms with Crippen LogP contribution in [0.5, 0.6) is 11.5 Å². The van der Waals surface area contributed by atoms with Crippen LogP contribution in [-0.2, 0) is 11.2 Å². The lowest BCUT2D eigenvalue weighted by Crippen LogP contribution is -2.46. The molecule has 26 heavy (non-hydrogen) atoms. The van der Waals surface area contributed by atoms with Crippen molar-refractivity contribution < 1.29 is 19.1 Å². The van der Waals surface area contributed by atoms with E-state index >= 15 is 0 Å². The first-order valence-corrected chi connectivity index (χ1v) is 9.18. The molecule has 0 aromatic heterocycles. The number of hydrogen-bond donors (Lipinski definition) is 1. The highest BCUT2D eigenvalue weighted by molar-refractivity contribution is 5.94. The fraction of sp³-hybridized carbons (Fsp3) is 0.579. The second-order valence-corrected chi connectivity index (χ2v) is 7.02. The maximum Gasteiger partial charge on any atom is 0.336 e. The van der Waals surface area contributed by atoms with Crippen molar-refractivity contribution in [2.24, 2.45) is 5.73 Å². The molecule has 1 saturated heterocycles. The minimum Gasteiger partial charge on any atom is -0.493 e. The third-order valence-corrected chi connectivity index (χ3v) is 5.29. The lowest BCUT2D eigenvalue weighted by Gasteiger charge is -2.25. The first kappa shape index (κ1) is 18.5. The number of ether oxygens (including phenoxy) is 2. The zero-order valence-electron chi connectivity index (χ0n) is 15.4. The molecule has 1 aromatic carbocycles. The molecule has 1 heterocycles. The van der Waals surface area contributed by atoms with Crippen molar-refractivity contribution in [2.45, 2.75) is 57.1 Å². The van der Waals surface area contributed by atoms with Crippen molar-refractivity contribution in [2.75, 3.05) is 14.2 Å². The Morgan fingerprint density at radius 2 is 2.00 bits per heavy atom. The van der Waals surface area contributed by atoms with Gasteiger partial charge < -0.3 is 15.2 Å². The van der Waals surface area contributed by atoms with Crippen LogP contribution < -0.4 is 15.2 Å². The highest BCUT2D eigenvalue weighted by Crippen LogP contribution is 2.33. The molecule has 1 aliphatic carbocycles. The highest BCUT2D eigenvalue weighted by Gasteiger charge is 2.37. The van der Waals surface area contributed by atoms with E-state index in [4.69, 9.17) is 15.2 Å². The number of rotatable bonds is 6. The van der Waals surface area contributed by atoms with Crippen LogP contribution in [0.4, 0.5) is 4.79 Å². The van der Waals surface area contributed by atoms with Gasteiger partial charge in [-0.3, -0.25) is 4.79 Å². The molecule has 1 atom stereocenters. The standard InChI is InChI=1S/C19H27N3O4/c1-21-14(12-18(23)22(21)19(20)24)9-7-13-8-10-16(25-2)17(11-13)26-15-5-3-4-6-15/h8,10-11,14-15H,3-7,9,12H2,1-2H3,(H2,20,24). The van der Waals surface area contributed by atoms with Crippen LogP contribution in [0.25, 0.3) is 0 Å². The van der Waals surface area contributed by atoms with E-state index in [1.807, 2.05) is 18.2 Å². The van der Waals surface area contributed by atoms with Gasteiger partial charge in [0.25, 0.3) is 0 Å². The lowest BCUT2D eigenvalue weighted by molar-refractivity contribution is -0.131. The van der Waals surface area contributed by atoms with E-state index < -0.39 is 6.03 Å². The number of urea groups is 1. The molecule has 1 saturated carbocycles. The molecular weight excluding hydrogens is 334 g/mol. The Hall–Kier alpha value is -2.28. The molecule has 2 fully saturated rings. The zero-order valence-corrected chi connectivity index (χ0v) is 15.4. The summed E-state index contributed by atoms with van der Waals surface area (Å²) in [4.78, 5) is 23.3.